The van der Waals surface area contributed by atoms with Crippen LogP contribution in [0.15, 0.2) is 53.6 Å². The van der Waals surface area contributed by atoms with Crippen molar-refractivity contribution in [3.05, 3.63) is 70.6 Å². The van der Waals surface area contributed by atoms with Gasteiger partial charge in [-0.3, -0.25) is 4.79 Å². The average molecular weight is 398 g/mol. The van der Waals surface area contributed by atoms with Gasteiger partial charge in [-0.05, 0) is 35.9 Å². The second-order valence-electron chi connectivity index (χ2n) is 6.56. The molecule has 28 heavy (non-hydrogen) atoms. The molecule has 0 saturated carbocycles. The van der Waals surface area contributed by atoms with Gasteiger partial charge in [0.1, 0.15) is 16.7 Å². The summed E-state index contributed by atoms with van der Waals surface area (Å²) in [5.41, 5.74) is 2.89. The second-order valence-corrected chi connectivity index (χ2v) is 6.92. The molecule has 2 aromatic carbocycles. The summed E-state index contributed by atoms with van der Waals surface area (Å²) in [4.78, 5) is 16.7. The Balaban J connectivity index is 1.74. The van der Waals surface area contributed by atoms with E-state index in [-0.39, 0.29) is 17.8 Å². The molecule has 1 unspecified atom stereocenters. The highest BCUT2D eigenvalue weighted by Crippen LogP contribution is 2.37. The van der Waals surface area contributed by atoms with Crippen LogP contribution in [0.2, 0.25) is 5.15 Å². The summed E-state index contributed by atoms with van der Waals surface area (Å²) in [6.07, 6.45) is 0.467. The van der Waals surface area contributed by atoms with Gasteiger partial charge in [-0.15, -0.1) is 0 Å². The van der Waals surface area contributed by atoms with Crippen molar-refractivity contribution in [3.63, 3.8) is 0 Å². The number of rotatable bonds is 3. The summed E-state index contributed by atoms with van der Waals surface area (Å²) >= 11 is 6.47. The molecule has 5 nitrogen and oxygen atoms in total. The standard InChI is InChI=1S/C21H17ClFN3O2/c1-12(27)26-20(11-19(25-26)13-3-6-15(23)7-4-13)17-9-14-5-8-16(28-2)10-18(14)24-21(17)22/h3-10,20H,11H2,1-2H3. The van der Waals surface area contributed by atoms with Gasteiger partial charge in [-0.1, -0.05) is 23.7 Å². The zero-order valence-corrected chi connectivity index (χ0v) is 16.1. The molecule has 0 spiro atoms. The van der Waals surface area contributed by atoms with Gasteiger partial charge in [0.2, 0.25) is 5.91 Å². The Bertz CT molecular complexity index is 1100. The van der Waals surface area contributed by atoms with Gasteiger partial charge in [0.05, 0.1) is 24.4 Å². The fraction of sp³-hybridized carbons (Fsp3) is 0.190. The lowest BCUT2D eigenvalue weighted by Gasteiger charge is -2.21. The lowest BCUT2D eigenvalue weighted by Crippen LogP contribution is -2.24. The maximum absolute atomic E-state index is 13.2. The summed E-state index contributed by atoms with van der Waals surface area (Å²) < 4.78 is 18.5. The predicted molar refractivity (Wildman–Crippen MR) is 106 cm³/mol. The van der Waals surface area contributed by atoms with Crippen LogP contribution in [0.4, 0.5) is 4.39 Å². The number of fused-ring (bicyclic) bond motifs is 1. The van der Waals surface area contributed by atoms with Crippen LogP contribution in [0.3, 0.4) is 0 Å². The second kappa shape index (κ2) is 7.20. The normalized spacial score (nSPS) is 16.4. The molecule has 3 aromatic rings. The Morgan fingerprint density at radius 3 is 2.64 bits per heavy atom. The predicted octanol–water partition coefficient (Wildman–Crippen LogP) is 4.73. The minimum absolute atomic E-state index is 0.201. The molecule has 0 radical (unpaired) electrons. The Kier molecular flexibility index (Phi) is 4.73. The van der Waals surface area contributed by atoms with Gasteiger partial charge in [0.25, 0.3) is 0 Å². The van der Waals surface area contributed by atoms with E-state index in [1.54, 1.807) is 19.2 Å². The van der Waals surface area contributed by atoms with Gasteiger partial charge in [-0.25, -0.2) is 14.4 Å². The maximum Gasteiger partial charge on any atom is 0.240 e. The van der Waals surface area contributed by atoms with E-state index in [0.29, 0.717) is 28.6 Å². The third-order valence-corrected chi connectivity index (χ3v) is 5.08. The molecule has 1 atom stereocenters. The van der Waals surface area contributed by atoms with Crippen LogP contribution < -0.4 is 4.74 Å². The quantitative estimate of drug-likeness (QED) is 0.600. The van der Waals surface area contributed by atoms with Crippen LogP contribution >= 0.6 is 11.6 Å². The molecule has 0 bridgehead atoms. The largest absolute Gasteiger partial charge is 0.497 e. The molecule has 1 aromatic heterocycles. The zero-order valence-electron chi connectivity index (χ0n) is 15.3. The molecule has 0 aliphatic carbocycles. The third kappa shape index (κ3) is 3.31. The molecule has 0 fully saturated rings. The van der Waals surface area contributed by atoms with Crippen LogP contribution in [-0.2, 0) is 4.79 Å². The number of hydrazone groups is 1. The van der Waals surface area contributed by atoms with Crippen molar-refractivity contribution < 1.29 is 13.9 Å². The number of halogens is 2. The molecular weight excluding hydrogens is 381 g/mol. The number of ether oxygens (including phenoxy) is 1. The van der Waals surface area contributed by atoms with Crippen molar-refractivity contribution in [2.45, 2.75) is 19.4 Å². The Morgan fingerprint density at radius 1 is 1.21 bits per heavy atom. The minimum Gasteiger partial charge on any atom is -0.497 e. The smallest absolute Gasteiger partial charge is 0.240 e. The fourth-order valence-corrected chi connectivity index (χ4v) is 3.63. The van der Waals surface area contributed by atoms with Crippen molar-refractivity contribution >= 4 is 34.1 Å². The summed E-state index contributed by atoms with van der Waals surface area (Å²) in [5.74, 6) is 0.171. The van der Waals surface area contributed by atoms with E-state index in [9.17, 15) is 9.18 Å². The number of hydrogen-bond acceptors (Lipinski definition) is 4. The molecule has 4 rings (SSSR count). The van der Waals surface area contributed by atoms with Crippen LogP contribution in [0.25, 0.3) is 10.9 Å². The number of pyridine rings is 1. The average Bonchev–Trinajstić information content (AvgIpc) is 3.13. The van der Waals surface area contributed by atoms with E-state index in [1.807, 2.05) is 24.3 Å². The molecule has 142 valence electrons. The number of carbonyl (C=O) groups is 1. The number of carbonyl (C=O) groups excluding carboxylic acids is 1. The molecular formula is C21H17ClFN3O2. The number of benzene rings is 2. The highest BCUT2D eigenvalue weighted by atomic mass is 35.5. The van der Waals surface area contributed by atoms with E-state index in [1.165, 1.54) is 24.1 Å². The Morgan fingerprint density at radius 2 is 1.96 bits per heavy atom. The van der Waals surface area contributed by atoms with E-state index in [2.05, 4.69) is 10.1 Å². The van der Waals surface area contributed by atoms with Crippen molar-refractivity contribution in [1.82, 2.24) is 9.99 Å². The van der Waals surface area contributed by atoms with Crippen molar-refractivity contribution in [2.24, 2.45) is 5.10 Å². The number of hydrogen-bond donors (Lipinski definition) is 0. The Hall–Kier alpha value is -2.99. The Labute approximate surface area is 166 Å². The number of amides is 1. The van der Waals surface area contributed by atoms with Gasteiger partial charge in [-0.2, -0.15) is 5.10 Å². The zero-order chi connectivity index (χ0) is 19.8. The topological polar surface area (TPSA) is 54.8 Å². The first-order valence-corrected chi connectivity index (χ1v) is 9.11. The molecule has 1 amide bonds. The number of methoxy groups -OCH3 is 1. The first-order chi connectivity index (χ1) is 13.5. The van der Waals surface area contributed by atoms with Crippen molar-refractivity contribution in [3.8, 4) is 5.75 Å². The van der Waals surface area contributed by atoms with E-state index in [0.717, 1.165) is 16.5 Å². The molecule has 1 aliphatic rings. The molecule has 0 saturated heterocycles. The first-order valence-electron chi connectivity index (χ1n) is 8.73. The van der Waals surface area contributed by atoms with E-state index >= 15 is 0 Å². The van der Waals surface area contributed by atoms with Crippen LogP contribution in [-0.4, -0.2) is 28.7 Å². The van der Waals surface area contributed by atoms with E-state index < -0.39 is 0 Å². The van der Waals surface area contributed by atoms with Crippen molar-refractivity contribution in [1.29, 1.82) is 0 Å². The van der Waals surface area contributed by atoms with Gasteiger partial charge in [0, 0.05) is 30.4 Å². The van der Waals surface area contributed by atoms with Crippen LogP contribution in [0.5, 0.6) is 5.75 Å². The highest BCUT2D eigenvalue weighted by molar-refractivity contribution is 6.30. The van der Waals surface area contributed by atoms with Gasteiger partial charge < -0.3 is 4.74 Å². The van der Waals surface area contributed by atoms with E-state index in [4.69, 9.17) is 16.3 Å². The number of aromatic nitrogens is 1. The molecule has 7 heteroatoms. The molecule has 1 aliphatic heterocycles. The maximum atomic E-state index is 13.2. The highest BCUT2D eigenvalue weighted by Gasteiger charge is 2.33. The SMILES string of the molecule is COc1ccc2cc(C3CC(c4ccc(F)cc4)=NN3C(C)=O)c(Cl)nc2c1. The van der Waals surface area contributed by atoms with Crippen molar-refractivity contribution in [2.75, 3.05) is 7.11 Å². The third-order valence-electron chi connectivity index (χ3n) is 4.77. The summed E-state index contributed by atoms with van der Waals surface area (Å²) in [6.45, 7) is 1.46. The summed E-state index contributed by atoms with van der Waals surface area (Å²) in [7, 11) is 1.59. The van der Waals surface area contributed by atoms with Crippen LogP contribution in [0.1, 0.15) is 30.5 Å². The fourth-order valence-electron chi connectivity index (χ4n) is 3.36. The lowest BCUT2D eigenvalue weighted by molar-refractivity contribution is -0.130. The van der Waals surface area contributed by atoms with Gasteiger partial charge in [0.15, 0.2) is 0 Å². The first kappa shape index (κ1) is 18.4. The van der Waals surface area contributed by atoms with Gasteiger partial charge >= 0.3 is 0 Å². The monoisotopic (exact) mass is 397 g/mol. The number of nitrogens with zero attached hydrogens (tertiary/aromatic N) is 3. The summed E-state index contributed by atoms with van der Waals surface area (Å²) in [6, 6.07) is 13.2. The summed E-state index contributed by atoms with van der Waals surface area (Å²) in [5, 5.41) is 7.08. The molecule has 0 N–H and O–H groups in total. The lowest BCUT2D eigenvalue weighted by atomic mass is 9.98. The minimum atomic E-state index is -0.371. The van der Waals surface area contributed by atoms with Crippen LogP contribution in [0, 0.1) is 5.82 Å². The molecule has 2 heterocycles.